The Bertz CT molecular complexity index is 417. The number of aliphatic hydroxyl groups excluding tert-OH is 2. The van der Waals surface area contributed by atoms with E-state index in [1.165, 1.54) is 19.2 Å². The Morgan fingerprint density at radius 3 is 2.88 bits per heavy atom. The Morgan fingerprint density at radius 1 is 1.65 bits per heavy atom. The fraction of sp³-hybridized carbons (Fsp3) is 0.400. The highest BCUT2D eigenvalue weighted by Gasteiger charge is 2.23. The van der Waals surface area contributed by atoms with Crippen LogP contribution in [-0.2, 0) is 4.79 Å². The molecule has 2 unspecified atom stereocenters. The van der Waals surface area contributed by atoms with Crippen molar-refractivity contribution in [3.05, 3.63) is 28.8 Å². The molecule has 7 heteroatoms. The number of amides is 1. The molecule has 0 aliphatic carbocycles. The Hall–Kier alpha value is -1.24. The minimum Gasteiger partial charge on any atom is -0.388 e. The lowest BCUT2D eigenvalue weighted by molar-refractivity contribution is -0.119. The molecule has 1 amide bonds. The Morgan fingerprint density at radius 2 is 2.29 bits per heavy atom. The first-order valence-electron chi connectivity index (χ1n) is 4.84. The van der Waals surface area contributed by atoms with Gasteiger partial charge in [0.15, 0.2) is 11.0 Å². The Kier molecular flexibility index (Phi) is 4.80. The number of nitrogens with one attached hydrogen (secondary N) is 1. The minimum atomic E-state index is -1.48. The maximum atomic E-state index is 13.5. The van der Waals surface area contributed by atoms with Crippen LogP contribution in [0.4, 0.5) is 4.39 Å². The molecule has 1 aromatic rings. The van der Waals surface area contributed by atoms with E-state index in [0.717, 1.165) is 0 Å². The van der Waals surface area contributed by atoms with E-state index in [9.17, 15) is 19.4 Å². The lowest BCUT2D eigenvalue weighted by atomic mass is 10.1. The van der Waals surface area contributed by atoms with Crippen molar-refractivity contribution in [3.8, 4) is 0 Å². The highest BCUT2D eigenvalue weighted by molar-refractivity contribution is 6.29. The number of nitrogens with zero attached hydrogens (tertiary/aromatic N) is 1. The van der Waals surface area contributed by atoms with E-state index < -0.39 is 18.0 Å². The highest BCUT2D eigenvalue weighted by Crippen LogP contribution is 2.23. The number of carbonyl (C=O) groups excluding carboxylic acids is 1. The number of aliphatic hydroxyl groups is 2. The smallest absolute Gasteiger partial charge is 0.216 e. The maximum Gasteiger partial charge on any atom is 0.216 e. The van der Waals surface area contributed by atoms with E-state index in [1.54, 1.807) is 0 Å². The first kappa shape index (κ1) is 13.8. The molecule has 94 valence electrons. The van der Waals surface area contributed by atoms with Gasteiger partial charge in [0, 0.05) is 25.2 Å². The Labute approximate surface area is 102 Å². The van der Waals surface area contributed by atoms with Gasteiger partial charge in [0.25, 0.3) is 0 Å². The van der Waals surface area contributed by atoms with Gasteiger partial charge in [-0.15, -0.1) is 0 Å². The maximum absolute atomic E-state index is 13.5. The van der Waals surface area contributed by atoms with E-state index in [-0.39, 0.29) is 23.2 Å². The molecule has 0 bridgehead atoms. The molecule has 0 aromatic carbocycles. The van der Waals surface area contributed by atoms with Crippen LogP contribution in [0.1, 0.15) is 18.6 Å². The van der Waals surface area contributed by atoms with Crippen molar-refractivity contribution in [2.45, 2.75) is 19.1 Å². The third kappa shape index (κ3) is 3.62. The van der Waals surface area contributed by atoms with Crippen LogP contribution in [-0.4, -0.2) is 33.8 Å². The van der Waals surface area contributed by atoms with Crippen LogP contribution < -0.4 is 5.32 Å². The molecule has 0 saturated heterocycles. The summed E-state index contributed by atoms with van der Waals surface area (Å²) >= 11 is 5.44. The van der Waals surface area contributed by atoms with Gasteiger partial charge < -0.3 is 15.5 Å². The van der Waals surface area contributed by atoms with Gasteiger partial charge in [0.2, 0.25) is 5.91 Å². The van der Waals surface area contributed by atoms with Crippen LogP contribution in [0.2, 0.25) is 5.15 Å². The van der Waals surface area contributed by atoms with Gasteiger partial charge in [-0.2, -0.15) is 0 Å². The second kappa shape index (κ2) is 5.90. The molecule has 2 atom stereocenters. The summed E-state index contributed by atoms with van der Waals surface area (Å²) in [6.07, 6.45) is -1.59. The van der Waals surface area contributed by atoms with Crippen LogP contribution in [0.5, 0.6) is 0 Å². The summed E-state index contributed by atoms with van der Waals surface area (Å²) in [4.78, 5) is 14.1. The molecule has 0 fully saturated rings. The van der Waals surface area contributed by atoms with Crippen molar-refractivity contribution < 1.29 is 19.4 Å². The molecule has 0 spiro atoms. The van der Waals surface area contributed by atoms with Crippen LogP contribution >= 0.6 is 11.6 Å². The zero-order valence-electron chi connectivity index (χ0n) is 9.02. The lowest BCUT2D eigenvalue weighted by Crippen LogP contribution is -2.34. The molecule has 3 N–H and O–H groups in total. The normalized spacial score (nSPS) is 14.2. The molecule has 17 heavy (non-hydrogen) atoms. The zero-order chi connectivity index (χ0) is 13.0. The third-order valence-corrected chi connectivity index (χ3v) is 2.38. The predicted molar refractivity (Wildman–Crippen MR) is 58.9 cm³/mol. The van der Waals surface area contributed by atoms with E-state index >= 15 is 0 Å². The van der Waals surface area contributed by atoms with Crippen LogP contribution in [0.15, 0.2) is 12.3 Å². The highest BCUT2D eigenvalue weighted by atomic mass is 35.5. The second-order valence-corrected chi connectivity index (χ2v) is 3.81. The van der Waals surface area contributed by atoms with Gasteiger partial charge in [-0.1, -0.05) is 11.6 Å². The number of rotatable bonds is 4. The average molecular weight is 263 g/mol. The van der Waals surface area contributed by atoms with E-state index in [0.29, 0.717) is 0 Å². The van der Waals surface area contributed by atoms with Crippen LogP contribution in [0.25, 0.3) is 0 Å². The number of aromatic nitrogens is 1. The van der Waals surface area contributed by atoms with E-state index in [4.69, 9.17) is 11.6 Å². The monoisotopic (exact) mass is 262 g/mol. The van der Waals surface area contributed by atoms with Gasteiger partial charge in [-0.3, -0.25) is 4.79 Å². The van der Waals surface area contributed by atoms with Crippen molar-refractivity contribution in [1.29, 1.82) is 0 Å². The number of hydrogen-bond acceptors (Lipinski definition) is 4. The first-order chi connectivity index (χ1) is 7.93. The van der Waals surface area contributed by atoms with Gasteiger partial charge >= 0.3 is 0 Å². The average Bonchev–Trinajstić information content (AvgIpc) is 2.28. The first-order valence-corrected chi connectivity index (χ1v) is 5.21. The third-order valence-electron chi connectivity index (χ3n) is 2.12. The van der Waals surface area contributed by atoms with Gasteiger partial charge in [-0.05, 0) is 6.07 Å². The van der Waals surface area contributed by atoms with Crippen molar-refractivity contribution >= 4 is 17.5 Å². The van der Waals surface area contributed by atoms with Crippen molar-refractivity contribution in [2.75, 3.05) is 6.54 Å². The lowest BCUT2D eigenvalue weighted by Gasteiger charge is -2.18. The minimum absolute atomic E-state index is 0.164. The van der Waals surface area contributed by atoms with Crippen molar-refractivity contribution in [3.63, 3.8) is 0 Å². The van der Waals surface area contributed by atoms with E-state index in [2.05, 4.69) is 10.3 Å². The SMILES string of the molecule is CC(=O)NCC(O)C(O)c1ccnc(Cl)c1F. The van der Waals surface area contributed by atoms with E-state index in [1.807, 2.05) is 0 Å². The fourth-order valence-corrected chi connectivity index (χ4v) is 1.39. The molecule has 0 radical (unpaired) electrons. The molecule has 0 saturated carbocycles. The summed E-state index contributed by atoms with van der Waals surface area (Å²) in [5, 5.41) is 21.1. The van der Waals surface area contributed by atoms with Gasteiger partial charge in [0.1, 0.15) is 12.2 Å². The Balaban J connectivity index is 2.77. The quantitative estimate of drug-likeness (QED) is 0.686. The van der Waals surface area contributed by atoms with Crippen molar-refractivity contribution in [2.24, 2.45) is 0 Å². The molecular weight excluding hydrogens is 251 g/mol. The number of pyridine rings is 1. The largest absolute Gasteiger partial charge is 0.388 e. The summed E-state index contributed by atoms with van der Waals surface area (Å²) in [5.74, 6) is -1.24. The predicted octanol–water partition coefficient (Wildman–Crippen LogP) is 0.404. The summed E-state index contributed by atoms with van der Waals surface area (Å²) in [5.41, 5.74) is -0.164. The topological polar surface area (TPSA) is 82.5 Å². The molecule has 1 rings (SSSR count). The molecular formula is C10H12ClFN2O3. The summed E-state index contributed by atoms with van der Waals surface area (Å²) in [6, 6.07) is 1.21. The van der Waals surface area contributed by atoms with Crippen LogP contribution in [0.3, 0.4) is 0 Å². The second-order valence-electron chi connectivity index (χ2n) is 3.45. The number of hydrogen-bond donors (Lipinski definition) is 3. The zero-order valence-corrected chi connectivity index (χ0v) is 9.78. The van der Waals surface area contributed by atoms with Gasteiger partial charge in [-0.25, -0.2) is 9.37 Å². The standard InChI is InChI=1S/C10H12ClFN2O3/c1-5(15)14-4-7(16)9(17)6-2-3-13-10(11)8(6)12/h2-3,7,9,16-17H,4H2,1H3,(H,14,15). The van der Waals surface area contributed by atoms with Crippen LogP contribution in [0, 0.1) is 5.82 Å². The summed E-state index contributed by atoms with van der Waals surface area (Å²) in [7, 11) is 0. The molecule has 1 aromatic heterocycles. The fourth-order valence-electron chi connectivity index (χ4n) is 1.23. The summed E-state index contributed by atoms with van der Waals surface area (Å²) in [6.45, 7) is 1.08. The molecule has 1 heterocycles. The van der Waals surface area contributed by atoms with Gasteiger partial charge in [0.05, 0.1) is 0 Å². The number of halogens is 2. The molecule has 5 nitrogen and oxygen atoms in total. The number of carbonyl (C=O) groups is 1. The molecule has 0 aliphatic rings. The molecule has 0 aliphatic heterocycles. The summed E-state index contributed by atoms with van der Waals surface area (Å²) < 4.78 is 13.5. The van der Waals surface area contributed by atoms with Crippen molar-refractivity contribution in [1.82, 2.24) is 10.3 Å².